The summed E-state index contributed by atoms with van der Waals surface area (Å²) in [5.41, 5.74) is 1.71. The Kier molecular flexibility index (Phi) is 4.89. The van der Waals surface area contributed by atoms with Crippen LogP contribution >= 0.6 is 0 Å². The van der Waals surface area contributed by atoms with Gasteiger partial charge in [0.2, 0.25) is 0 Å². The molecule has 0 radical (unpaired) electrons. The molecule has 28 heavy (non-hydrogen) atoms. The Bertz CT molecular complexity index is 1190. The molecular weight excluding hydrogens is 354 g/mol. The average Bonchev–Trinajstić information content (AvgIpc) is 2.73. The molecule has 0 fully saturated rings. The van der Waals surface area contributed by atoms with E-state index in [0.717, 1.165) is 22.4 Å². The summed E-state index contributed by atoms with van der Waals surface area (Å²) in [6, 6.07) is 23.6. The molecule has 4 rings (SSSR count). The van der Waals surface area contributed by atoms with Crippen molar-refractivity contribution in [2.45, 2.75) is 0 Å². The molecule has 3 aromatic carbocycles. The maximum atomic E-state index is 11.7. The molecule has 0 aliphatic carbocycles. The fourth-order valence-corrected chi connectivity index (χ4v) is 2.81. The second-order valence-corrected chi connectivity index (χ2v) is 6.02. The smallest absolute Gasteiger partial charge is 0.339 e. The highest BCUT2D eigenvalue weighted by Crippen LogP contribution is 2.29. The van der Waals surface area contributed by atoms with Crippen molar-refractivity contribution in [1.82, 2.24) is 0 Å². The molecule has 0 aliphatic heterocycles. The summed E-state index contributed by atoms with van der Waals surface area (Å²) < 4.78 is 16.4. The van der Waals surface area contributed by atoms with E-state index in [4.69, 9.17) is 13.9 Å². The highest BCUT2D eigenvalue weighted by molar-refractivity contribution is 5.85. The highest BCUT2D eigenvalue weighted by Gasteiger charge is 2.07. The Labute approximate surface area is 161 Å². The number of methoxy groups -OCH3 is 1. The van der Waals surface area contributed by atoms with E-state index in [1.54, 1.807) is 31.5 Å². The van der Waals surface area contributed by atoms with Crippen LogP contribution in [0.15, 0.2) is 93.1 Å². The number of rotatable bonds is 5. The summed E-state index contributed by atoms with van der Waals surface area (Å²) in [5.74, 6) is 1.82. The molecule has 0 saturated heterocycles. The van der Waals surface area contributed by atoms with E-state index in [1.165, 1.54) is 6.07 Å². The van der Waals surface area contributed by atoms with Gasteiger partial charge in [-0.05, 0) is 48.5 Å². The minimum absolute atomic E-state index is 0.452. The van der Waals surface area contributed by atoms with Crippen LogP contribution in [0, 0.1) is 0 Å². The number of hydrogen-bond acceptors (Lipinski definition) is 5. The van der Waals surface area contributed by atoms with Gasteiger partial charge in [-0.2, -0.15) is 0 Å². The van der Waals surface area contributed by atoms with E-state index in [-0.39, 0.29) is 0 Å². The zero-order valence-electron chi connectivity index (χ0n) is 15.2. The average molecular weight is 371 g/mol. The lowest BCUT2D eigenvalue weighted by atomic mass is 10.2. The van der Waals surface area contributed by atoms with Crippen LogP contribution in [0.1, 0.15) is 5.56 Å². The third-order valence-corrected chi connectivity index (χ3v) is 4.17. The first-order chi connectivity index (χ1) is 13.7. The molecule has 0 amide bonds. The van der Waals surface area contributed by atoms with Crippen LogP contribution in [0.2, 0.25) is 0 Å². The molecular formula is C23H17NO4. The molecule has 1 aromatic heterocycles. The molecule has 0 spiro atoms. The number of hydrogen-bond donors (Lipinski definition) is 0. The van der Waals surface area contributed by atoms with Crippen molar-refractivity contribution in [3.8, 4) is 17.2 Å². The maximum absolute atomic E-state index is 11.7. The molecule has 4 aromatic rings. The van der Waals surface area contributed by atoms with E-state index in [2.05, 4.69) is 4.99 Å². The van der Waals surface area contributed by atoms with Crippen molar-refractivity contribution in [3.63, 3.8) is 0 Å². The van der Waals surface area contributed by atoms with Crippen molar-refractivity contribution in [3.05, 3.63) is 94.8 Å². The van der Waals surface area contributed by atoms with Crippen molar-refractivity contribution in [2.24, 2.45) is 4.99 Å². The van der Waals surface area contributed by atoms with Gasteiger partial charge in [0, 0.05) is 11.8 Å². The normalized spacial score (nSPS) is 11.0. The van der Waals surface area contributed by atoms with Crippen molar-refractivity contribution in [2.75, 3.05) is 7.11 Å². The summed E-state index contributed by atoms with van der Waals surface area (Å²) >= 11 is 0. The van der Waals surface area contributed by atoms with Gasteiger partial charge >= 0.3 is 5.63 Å². The Morgan fingerprint density at radius 1 is 0.893 bits per heavy atom. The minimum Gasteiger partial charge on any atom is -0.496 e. The van der Waals surface area contributed by atoms with Crippen LogP contribution in [0.25, 0.3) is 11.0 Å². The first-order valence-corrected chi connectivity index (χ1v) is 8.71. The first-order valence-electron chi connectivity index (χ1n) is 8.71. The summed E-state index contributed by atoms with van der Waals surface area (Å²) in [6.45, 7) is 0. The van der Waals surface area contributed by atoms with Gasteiger partial charge in [0.15, 0.2) is 0 Å². The second kappa shape index (κ2) is 7.80. The second-order valence-electron chi connectivity index (χ2n) is 6.02. The predicted molar refractivity (Wildman–Crippen MR) is 109 cm³/mol. The number of aliphatic imine (C=N–C) groups is 1. The number of para-hydroxylation sites is 2. The van der Waals surface area contributed by atoms with E-state index in [0.29, 0.717) is 17.1 Å². The molecule has 5 nitrogen and oxygen atoms in total. The highest BCUT2D eigenvalue weighted by atomic mass is 16.5. The summed E-state index contributed by atoms with van der Waals surface area (Å²) in [5, 5.41) is 0.736. The monoisotopic (exact) mass is 371 g/mol. The zero-order valence-corrected chi connectivity index (χ0v) is 15.2. The number of benzene rings is 3. The largest absolute Gasteiger partial charge is 0.496 e. The molecule has 138 valence electrons. The van der Waals surface area contributed by atoms with E-state index < -0.39 is 5.63 Å². The molecule has 5 heteroatoms. The minimum atomic E-state index is -0.452. The third-order valence-electron chi connectivity index (χ3n) is 4.17. The van der Waals surface area contributed by atoms with E-state index in [1.807, 2.05) is 54.6 Å². The SMILES string of the molecule is COc1ccccc1C=Nc1ccc(Oc2cc(=O)oc3ccccc23)cc1. The van der Waals surface area contributed by atoms with E-state index in [9.17, 15) is 4.79 Å². The fraction of sp³-hybridized carbons (Fsp3) is 0.0435. The van der Waals surface area contributed by atoms with Crippen molar-refractivity contribution < 1.29 is 13.9 Å². The summed E-state index contributed by atoms with van der Waals surface area (Å²) in [4.78, 5) is 16.2. The van der Waals surface area contributed by atoms with Gasteiger partial charge in [-0.1, -0.05) is 24.3 Å². The summed E-state index contributed by atoms with van der Waals surface area (Å²) in [6.07, 6.45) is 1.75. The Balaban J connectivity index is 1.56. The first kappa shape index (κ1) is 17.5. The summed E-state index contributed by atoms with van der Waals surface area (Å²) in [7, 11) is 1.63. The molecule has 0 N–H and O–H groups in total. The van der Waals surface area contributed by atoms with Crippen LogP contribution in [-0.2, 0) is 0 Å². The molecule has 0 unspecified atom stereocenters. The molecule has 0 aliphatic rings. The van der Waals surface area contributed by atoms with Crippen LogP contribution < -0.4 is 15.1 Å². The van der Waals surface area contributed by atoms with Crippen LogP contribution in [-0.4, -0.2) is 13.3 Å². The molecule has 0 bridgehead atoms. The topological polar surface area (TPSA) is 61.0 Å². The number of nitrogens with zero attached hydrogens (tertiary/aromatic N) is 1. The lowest BCUT2D eigenvalue weighted by molar-refractivity contribution is 0.414. The lowest BCUT2D eigenvalue weighted by Crippen LogP contribution is -1.98. The van der Waals surface area contributed by atoms with Gasteiger partial charge in [0.1, 0.15) is 22.8 Å². The van der Waals surface area contributed by atoms with Crippen LogP contribution in [0.3, 0.4) is 0 Å². The van der Waals surface area contributed by atoms with Crippen molar-refractivity contribution >= 4 is 22.9 Å². The van der Waals surface area contributed by atoms with Gasteiger partial charge in [-0.25, -0.2) is 4.79 Å². The van der Waals surface area contributed by atoms with Crippen molar-refractivity contribution in [1.29, 1.82) is 0 Å². The fourth-order valence-electron chi connectivity index (χ4n) is 2.81. The Hall–Kier alpha value is -3.86. The number of fused-ring (bicyclic) bond motifs is 1. The molecule has 0 atom stereocenters. The molecule has 0 saturated carbocycles. The van der Waals surface area contributed by atoms with E-state index >= 15 is 0 Å². The quantitative estimate of drug-likeness (QED) is 0.351. The Morgan fingerprint density at radius 2 is 1.64 bits per heavy atom. The van der Waals surface area contributed by atoms with Gasteiger partial charge in [-0.15, -0.1) is 0 Å². The molecule has 1 heterocycles. The van der Waals surface area contributed by atoms with Gasteiger partial charge < -0.3 is 13.9 Å². The van der Waals surface area contributed by atoms with Gasteiger partial charge in [-0.3, -0.25) is 4.99 Å². The third kappa shape index (κ3) is 3.78. The van der Waals surface area contributed by atoms with Gasteiger partial charge in [0.25, 0.3) is 0 Å². The standard InChI is InChI=1S/C23H17NO4/c1-26-20-8-4-2-6-16(20)15-24-17-10-12-18(13-11-17)27-22-14-23(25)28-21-9-5-3-7-19(21)22/h2-15H,1H3. The number of ether oxygens (including phenoxy) is 2. The zero-order chi connectivity index (χ0) is 19.3. The Morgan fingerprint density at radius 3 is 2.46 bits per heavy atom. The van der Waals surface area contributed by atoms with Crippen LogP contribution in [0.4, 0.5) is 5.69 Å². The lowest BCUT2D eigenvalue weighted by Gasteiger charge is -2.08. The predicted octanol–water partition coefficient (Wildman–Crippen LogP) is 5.34. The van der Waals surface area contributed by atoms with Crippen LogP contribution in [0.5, 0.6) is 17.2 Å². The van der Waals surface area contributed by atoms with Gasteiger partial charge in [0.05, 0.1) is 24.2 Å². The maximum Gasteiger partial charge on any atom is 0.339 e.